The van der Waals surface area contributed by atoms with Crippen molar-refractivity contribution in [2.24, 2.45) is 0 Å². The van der Waals surface area contributed by atoms with E-state index in [1.54, 1.807) is 18.2 Å². The number of halogens is 1. The number of sulfonamides is 1. The molecule has 10 nitrogen and oxygen atoms in total. The first-order valence-electron chi connectivity index (χ1n) is 9.17. The standard InChI is InChI=1S/C19H17BrN4O6S/c20-12-3-4-14-13(10-12)17(22-15-2-1-5-24(27)18(15)19(25)26)16(11-21-14)31(28,29)23-6-8-30-9-7-23/h1-5,10-11H,6-9H2,(H,21,22)(H,25,26). The van der Waals surface area contributed by atoms with Crippen molar-refractivity contribution in [2.45, 2.75) is 4.90 Å². The molecule has 0 saturated carbocycles. The fourth-order valence-corrected chi connectivity index (χ4v) is 5.21. The van der Waals surface area contributed by atoms with Crippen LogP contribution in [0.3, 0.4) is 0 Å². The molecule has 0 unspecified atom stereocenters. The molecular weight excluding hydrogens is 492 g/mol. The number of ether oxygens (including phenoxy) is 1. The molecule has 1 aromatic carbocycles. The summed E-state index contributed by atoms with van der Waals surface area (Å²) in [5.41, 5.74) is 0.0222. The molecule has 0 atom stereocenters. The summed E-state index contributed by atoms with van der Waals surface area (Å²) in [6.45, 7) is 0.911. The van der Waals surface area contributed by atoms with E-state index in [2.05, 4.69) is 26.2 Å². The van der Waals surface area contributed by atoms with Crippen molar-refractivity contribution in [3.8, 4) is 0 Å². The topological polar surface area (TPSA) is 136 Å². The van der Waals surface area contributed by atoms with Crippen LogP contribution in [0.5, 0.6) is 0 Å². The highest BCUT2D eigenvalue weighted by atomic mass is 79.9. The molecule has 1 saturated heterocycles. The van der Waals surface area contributed by atoms with Gasteiger partial charge in [-0.05, 0) is 24.3 Å². The Labute approximate surface area is 185 Å². The number of morpholine rings is 1. The largest absolute Gasteiger partial charge is 0.618 e. The second kappa shape index (κ2) is 8.38. The molecule has 2 aromatic heterocycles. The molecule has 0 amide bonds. The number of rotatable bonds is 5. The Morgan fingerprint density at radius 2 is 2.03 bits per heavy atom. The number of hydrogen-bond donors (Lipinski definition) is 2. The minimum atomic E-state index is -3.98. The molecule has 3 heterocycles. The fraction of sp³-hybridized carbons (Fsp3) is 0.211. The molecule has 0 spiro atoms. The molecule has 1 aliphatic heterocycles. The van der Waals surface area contributed by atoms with Crippen LogP contribution >= 0.6 is 15.9 Å². The maximum Gasteiger partial charge on any atom is 0.404 e. The number of hydrogen-bond acceptors (Lipinski definition) is 7. The van der Waals surface area contributed by atoms with Crippen molar-refractivity contribution in [1.29, 1.82) is 0 Å². The molecule has 0 bridgehead atoms. The highest BCUT2D eigenvalue weighted by molar-refractivity contribution is 9.10. The lowest BCUT2D eigenvalue weighted by molar-refractivity contribution is -0.607. The molecule has 2 N–H and O–H groups in total. The van der Waals surface area contributed by atoms with Crippen molar-refractivity contribution in [1.82, 2.24) is 9.29 Å². The highest BCUT2D eigenvalue weighted by Gasteiger charge is 2.31. The molecular formula is C19H17BrN4O6S. The van der Waals surface area contributed by atoms with Crippen LogP contribution in [0.1, 0.15) is 10.5 Å². The summed E-state index contributed by atoms with van der Waals surface area (Å²) < 4.78 is 34.2. The van der Waals surface area contributed by atoms with Crippen LogP contribution in [-0.4, -0.2) is 55.1 Å². The van der Waals surface area contributed by atoms with Gasteiger partial charge in [0.1, 0.15) is 10.6 Å². The van der Waals surface area contributed by atoms with Gasteiger partial charge in [-0.1, -0.05) is 15.9 Å². The summed E-state index contributed by atoms with van der Waals surface area (Å²) in [6.07, 6.45) is 2.29. The first kappa shape index (κ1) is 21.4. The molecule has 4 rings (SSSR count). The van der Waals surface area contributed by atoms with Gasteiger partial charge in [-0.15, -0.1) is 0 Å². The maximum atomic E-state index is 13.4. The molecule has 3 aromatic rings. The summed E-state index contributed by atoms with van der Waals surface area (Å²) in [5.74, 6) is -1.45. The molecule has 31 heavy (non-hydrogen) atoms. The van der Waals surface area contributed by atoms with Crippen LogP contribution in [0.15, 0.2) is 52.1 Å². The zero-order valence-electron chi connectivity index (χ0n) is 16.0. The molecule has 162 valence electrons. The van der Waals surface area contributed by atoms with Gasteiger partial charge in [-0.25, -0.2) is 13.2 Å². The SMILES string of the molecule is O=C(O)c1c(Nc2c(S(=O)(=O)N3CCOCC3)cnc3ccc(Br)cc23)ccc[n+]1[O-]. The fourth-order valence-electron chi connectivity index (χ4n) is 3.33. The van der Waals surface area contributed by atoms with E-state index >= 15 is 0 Å². The minimum absolute atomic E-state index is 0.0455. The zero-order chi connectivity index (χ0) is 22.2. The number of nitrogens with zero attached hydrogens (tertiary/aromatic N) is 3. The van der Waals surface area contributed by atoms with Crippen LogP contribution in [0.2, 0.25) is 0 Å². The van der Waals surface area contributed by atoms with E-state index < -0.39 is 21.7 Å². The maximum absolute atomic E-state index is 13.4. The number of aromatic carboxylic acids is 1. The Bertz CT molecular complexity index is 1280. The number of fused-ring (bicyclic) bond motifs is 1. The number of carbonyl (C=O) groups is 1. The Morgan fingerprint density at radius 3 is 2.74 bits per heavy atom. The highest BCUT2D eigenvalue weighted by Crippen LogP contribution is 2.35. The summed E-state index contributed by atoms with van der Waals surface area (Å²) in [7, 11) is -3.98. The number of pyridine rings is 2. The Hall–Kier alpha value is -2.80. The summed E-state index contributed by atoms with van der Waals surface area (Å²) >= 11 is 3.37. The molecule has 1 fully saturated rings. The van der Waals surface area contributed by atoms with E-state index in [0.717, 1.165) is 6.20 Å². The van der Waals surface area contributed by atoms with Gasteiger partial charge in [-0.2, -0.15) is 9.04 Å². The van der Waals surface area contributed by atoms with Gasteiger partial charge in [0.15, 0.2) is 6.20 Å². The van der Waals surface area contributed by atoms with Crippen molar-refractivity contribution in [3.63, 3.8) is 0 Å². The van der Waals surface area contributed by atoms with Crippen molar-refractivity contribution >= 4 is 54.2 Å². The Kier molecular flexibility index (Phi) is 5.79. The third-order valence-corrected chi connectivity index (χ3v) is 7.21. The molecule has 0 radical (unpaired) electrons. The number of carboxylic acids is 1. The van der Waals surface area contributed by atoms with E-state index in [1.165, 1.54) is 22.6 Å². The van der Waals surface area contributed by atoms with E-state index in [1.807, 2.05) is 0 Å². The third-order valence-electron chi connectivity index (χ3n) is 4.81. The second-order valence-corrected chi connectivity index (χ2v) is 9.52. The van der Waals surface area contributed by atoms with Gasteiger partial charge >= 0.3 is 11.7 Å². The van der Waals surface area contributed by atoms with E-state index in [9.17, 15) is 23.5 Å². The molecule has 1 aliphatic rings. The number of nitrogens with one attached hydrogen (secondary N) is 1. The second-order valence-electron chi connectivity index (χ2n) is 6.70. The quantitative estimate of drug-likeness (QED) is 0.394. The van der Waals surface area contributed by atoms with Crippen LogP contribution in [-0.2, 0) is 14.8 Å². The van der Waals surface area contributed by atoms with Crippen LogP contribution in [0, 0.1) is 5.21 Å². The van der Waals surface area contributed by atoms with Gasteiger partial charge < -0.3 is 20.4 Å². The van der Waals surface area contributed by atoms with E-state index in [-0.39, 0.29) is 47.3 Å². The monoisotopic (exact) mass is 508 g/mol. The number of anilines is 2. The van der Waals surface area contributed by atoms with E-state index in [0.29, 0.717) is 15.4 Å². The summed E-state index contributed by atoms with van der Waals surface area (Å²) in [5, 5.41) is 24.9. The van der Waals surface area contributed by atoms with Gasteiger partial charge in [0, 0.05) is 35.2 Å². The average molecular weight is 509 g/mol. The van der Waals surface area contributed by atoms with Crippen molar-refractivity contribution < 1.29 is 27.8 Å². The van der Waals surface area contributed by atoms with Crippen molar-refractivity contribution in [2.75, 3.05) is 31.6 Å². The van der Waals surface area contributed by atoms with Gasteiger partial charge in [0.2, 0.25) is 10.0 Å². The molecule has 0 aliphatic carbocycles. The summed E-state index contributed by atoms with van der Waals surface area (Å²) in [6, 6.07) is 7.90. The van der Waals surface area contributed by atoms with Gasteiger partial charge in [-0.3, -0.25) is 4.98 Å². The Balaban J connectivity index is 1.95. The average Bonchev–Trinajstić information content (AvgIpc) is 2.74. The number of benzene rings is 1. The lowest BCUT2D eigenvalue weighted by Gasteiger charge is -2.27. The first-order valence-corrected chi connectivity index (χ1v) is 11.4. The van der Waals surface area contributed by atoms with Crippen LogP contribution in [0.4, 0.5) is 11.4 Å². The predicted molar refractivity (Wildman–Crippen MR) is 115 cm³/mol. The van der Waals surface area contributed by atoms with Crippen LogP contribution < -0.4 is 10.0 Å². The van der Waals surface area contributed by atoms with Gasteiger partial charge in [0.25, 0.3) is 0 Å². The Morgan fingerprint density at radius 1 is 1.29 bits per heavy atom. The lowest BCUT2D eigenvalue weighted by Crippen LogP contribution is -2.41. The number of carboxylic acid groups (broad SMARTS) is 1. The lowest BCUT2D eigenvalue weighted by atomic mass is 10.1. The molecule has 12 heteroatoms. The smallest absolute Gasteiger partial charge is 0.404 e. The minimum Gasteiger partial charge on any atom is -0.618 e. The van der Waals surface area contributed by atoms with Crippen molar-refractivity contribution in [3.05, 3.63) is 58.1 Å². The van der Waals surface area contributed by atoms with Gasteiger partial charge in [0.05, 0.1) is 24.4 Å². The normalized spacial score (nSPS) is 15.1. The summed E-state index contributed by atoms with van der Waals surface area (Å²) in [4.78, 5) is 15.8. The van der Waals surface area contributed by atoms with Crippen LogP contribution in [0.25, 0.3) is 10.9 Å². The third kappa shape index (κ3) is 4.06. The zero-order valence-corrected chi connectivity index (χ0v) is 18.4. The van der Waals surface area contributed by atoms with E-state index in [4.69, 9.17) is 4.74 Å². The number of aromatic nitrogens is 2. The first-order chi connectivity index (χ1) is 14.8. The predicted octanol–water partition coefficient (Wildman–Crippen LogP) is 2.09.